The molecular formula is C13H14N4O2. The number of ether oxygens (including phenoxy) is 1. The van der Waals surface area contributed by atoms with Crippen LogP contribution in [0.25, 0.3) is 21.7 Å². The molecule has 1 aromatic carbocycles. The zero-order valence-electron chi connectivity index (χ0n) is 10.8. The molecule has 0 amide bonds. The monoisotopic (exact) mass is 258 g/mol. The molecule has 6 nitrogen and oxygen atoms in total. The van der Waals surface area contributed by atoms with Gasteiger partial charge in [-0.15, -0.1) is 0 Å². The number of hydrogen-bond acceptors (Lipinski definition) is 4. The van der Waals surface area contributed by atoms with E-state index in [9.17, 15) is 0 Å². The number of rotatable bonds is 5. The van der Waals surface area contributed by atoms with E-state index in [1.54, 1.807) is 6.07 Å². The third-order valence-corrected chi connectivity index (χ3v) is 2.56. The fourth-order valence-corrected chi connectivity index (χ4v) is 1.74. The minimum absolute atomic E-state index is 0.152. The predicted molar refractivity (Wildman–Crippen MR) is 70.7 cm³/mol. The summed E-state index contributed by atoms with van der Waals surface area (Å²) in [5.41, 5.74) is 10.9. The summed E-state index contributed by atoms with van der Waals surface area (Å²) < 4.78 is 10.7. The summed E-state index contributed by atoms with van der Waals surface area (Å²) in [7, 11) is 0. The van der Waals surface area contributed by atoms with E-state index in [2.05, 4.69) is 15.2 Å². The molecule has 0 atom stereocenters. The summed E-state index contributed by atoms with van der Waals surface area (Å²) in [6, 6.07) is 7.64. The maximum absolute atomic E-state index is 8.28. The van der Waals surface area contributed by atoms with Crippen molar-refractivity contribution in [1.29, 1.82) is 0 Å². The third-order valence-electron chi connectivity index (χ3n) is 2.56. The van der Waals surface area contributed by atoms with Gasteiger partial charge in [-0.2, -0.15) is 0 Å². The second-order valence-electron chi connectivity index (χ2n) is 4.00. The standard InChI is InChI=1S/C13H14N4O2/c1-3-18-13-5-4-9(2)6-11(13)12-7-10(19-16-12)8-15-17-14/h4-7H,3,8H2,1-2H3. The van der Waals surface area contributed by atoms with Gasteiger partial charge in [0.2, 0.25) is 0 Å². The van der Waals surface area contributed by atoms with Crippen LogP contribution >= 0.6 is 0 Å². The van der Waals surface area contributed by atoms with Crippen LogP contribution in [-0.4, -0.2) is 11.8 Å². The zero-order valence-corrected chi connectivity index (χ0v) is 10.8. The van der Waals surface area contributed by atoms with Crippen LogP contribution in [0.4, 0.5) is 0 Å². The molecule has 0 N–H and O–H groups in total. The quantitative estimate of drug-likeness (QED) is 0.463. The summed E-state index contributed by atoms with van der Waals surface area (Å²) >= 11 is 0. The first kappa shape index (κ1) is 13.0. The van der Waals surface area contributed by atoms with Crippen LogP contribution in [0.3, 0.4) is 0 Å². The lowest BCUT2D eigenvalue weighted by Gasteiger charge is -2.08. The Morgan fingerprint density at radius 2 is 2.26 bits per heavy atom. The summed E-state index contributed by atoms with van der Waals surface area (Å²) in [5.74, 6) is 1.29. The van der Waals surface area contributed by atoms with E-state index >= 15 is 0 Å². The van der Waals surface area contributed by atoms with Crippen LogP contribution in [0.1, 0.15) is 18.2 Å². The van der Waals surface area contributed by atoms with Crippen molar-refractivity contribution in [2.45, 2.75) is 20.4 Å². The van der Waals surface area contributed by atoms with Crippen molar-refractivity contribution in [3.8, 4) is 17.0 Å². The number of hydrogen-bond donors (Lipinski definition) is 0. The van der Waals surface area contributed by atoms with Gasteiger partial charge in [-0.25, -0.2) is 0 Å². The largest absolute Gasteiger partial charge is 0.493 e. The Hall–Kier alpha value is -2.46. The van der Waals surface area contributed by atoms with Gasteiger partial charge in [0.25, 0.3) is 0 Å². The highest BCUT2D eigenvalue weighted by Gasteiger charge is 2.11. The van der Waals surface area contributed by atoms with Crippen molar-refractivity contribution in [2.24, 2.45) is 5.11 Å². The molecule has 98 valence electrons. The van der Waals surface area contributed by atoms with Gasteiger partial charge in [0.05, 0.1) is 13.2 Å². The van der Waals surface area contributed by atoms with Gasteiger partial charge < -0.3 is 9.26 Å². The minimum atomic E-state index is 0.152. The first-order valence-corrected chi connectivity index (χ1v) is 5.95. The first-order chi connectivity index (χ1) is 9.24. The molecule has 0 bridgehead atoms. The Balaban J connectivity index is 2.36. The lowest BCUT2D eigenvalue weighted by Crippen LogP contribution is -1.94. The summed E-state index contributed by atoms with van der Waals surface area (Å²) in [5, 5.41) is 7.43. The van der Waals surface area contributed by atoms with Crippen LogP contribution in [-0.2, 0) is 6.54 Å². The Morgan fingerprint density at radius 3 is 3.00 bits per heavy atom. The molecule has 0 saturated carbocycles. The molecule has 0 aliphatic rings. The average Bonchev–Trinajstić information content (AvgIpc) is 2.87. The Kier molecular flexibility index (Phi) is 4.05. The molecule has 0 aliphatic carbocycles. The molecule has 2 rings (SSSR count). The zero-order chi connectivity index (χ0) is 13.7. The molecule has 0 saturated heterocycles. The number of nitrogens with zero attached hydrogens (tertiary/aromatic N) is 4. The van der Waals surface area contributed by atoms with Gasteiger partial charge in [0.15, 0.2) is 0 Å². The molecule has 0 fully saturated rings. The molecule has 0 spiro atoms. The molecule has 2 aromatic rings. The summed E-state index contributed by atoms with van der Waals surface area (Å²) in [6.45, 7) is 4.67. The van der Waals surface area contributed by atoms with Gasteiger partial charge in [0, 0.05) is 16.5 Å². The Labute approximate surface area is 110 Å². The Bertz CT molecular complexity index is 615. The fraction of sp³-hybridized carbons (Fsp3) is 0.308. The fourth-order valence-electron chi connectivity index (χ4n) is 1.74. The molecule has 1 aromatic heterocycles. The Morgan fingerprint density at radius 1 is 1.42 bits per heavy atom. The number of aromatic nitrogens is 1. The van der Waals surface area contributed by atoms with E-state index in [0.29, 0.717) is 18.1 Å². The van der Waals surface area contributed by atoms with Crippen molar-refractivity contribution in [1.82, 2.24) is 5.16 Å². The maximum atomic E-state index is 8.28. The van der Waals surface area contributed by atoms with E-state index in [4.69, 9.17) is 14.8 Å². The lowest BCUT2D eigenvalue weighted by molar-refractivity contribution is 0.340. The molecule has 0 aliphatic heterocycles. The van der Waals surface area contributed by atoms with Gasteiger partial charge in [-0.1, -0.05) is 21.9 Å². The highest BCUT2D eigenvalue weighted by Crippen LogP contribution is 2.30. The average molecular weight is 258 g/mol. The summed E-state index contributed by atoms with van der Waals surface area (Å²) in [4.78, 5) is 2.69. The number of azide groups is 1. The molecule has 0 radical (unpaired) electrons. The smallest absolute Gasteiger partial charge is 0.143 e. The maximum Gasteiger partial charge on any atom is 0.143 e. The first-order valence-electron chi connectivity index (χ1n) is 5.95. The lowest BCUT2D eigenvalue weighted by atomic mass is 10.1. The summed E-state index contributed by atoms with van der Waals surface area (Å²) in [6.07, 6.45) is 0. The van der Waals surface area contributed by atoms with Crippen LogP contribution in [0.2, 0.25) is 0 Å². The number of benzene rings is 1. The van der Waals surface area contributed by atoms with Crippen LogP contribution in [0, 0.1) is 6.92 Å². The molecule has 0 unspecified atom stereocenters. The van der Waals surface area contributed by atoms with E-state index in [0.717, 1.165) is 16.9 Å². The SMILES string of the molecule is CCOc1ccc(C)cc1-c1cc(CN=[N+]=[N-])on1. The van der Waals surface area contributed by atoms with E-state index in [1.807, 2.05) is 32.0 Å². The van der Waals surface area contributed by atoms with Crippen LogP contribution in [0.15, 0.2) is 33.9 Å². The van der Waals surface area contributed by atoms with E-state index < -0.39 is 0 Å². The molecule has 19 heavy (non-hydrogen) atoms. The van der Waals surface area contributed by atoms with Gasteiger partial charge in [-0.05, 0) is 31.5 Å². The van der Waals surface area contributed by atoms with E-state index in [1.165, 1.54) is 0 Å². The highest BCUT2D eigenvalue weighted by molar-refractivity contribution is 5.67. The topological polar surface area (TPSA) is 84.0 Å². The van der Waals surface area contributed by atoms with E-state index in [-0.39, 0.29) is 6.54 Å². The second-order valence-corrected chi connectivity index (χ2v) is 4.00. The normalized spacial score (nSPS) is 10.0. The van der Waals surface area contributed by atoms with Crippen molar-refractivity contribution >= 4 is 0 Å². The second kappa shape index (κ2) is 5.93. The van der Waals surface area contributed by atoms with Crippen LogP contribution < -0.4 is 4.74 Å². The van der Waals surface area contributed by atoms with Gasteiger partial charge in [-0.3, -0.25) is 0 Å². The van der Waals surface area contributed by atoms with Crippen molar-refractivity contribution in [3.63, 3.8) is 0 Å². The number of aryl methyl sites for hydroxylation is 1. The molecule has 6 heteroatoms. The van der Waals surface area contributed by atoms with Crippen LogP contribution in [0.5, 0.6) is 5.75 Å². The highest BCUT2D eigenvalue weighted by atomic mass is 16.5. The molecule has 1 heterocycles. The minimum Gasteiger partial charge on any atom is -0.493 e. The van der Waals surface area contributed by atoms with Crippen molar-refractivity contribution < 1.29 is 9.26 Å². The molecular weight excluding hydrogens is 244 g/mol. The van der Waals surface area contributed by atoms with Gasteiger partial charge in [0.1, 0.15) is 17.2 Å². The van der Waals surface area contributed by atoms with Crippen molar-refractivity contribution in [3.05, 3.63) is 46.0 Å². The van der Waals surface area contributed by atoms with Gasteiger partial charge >= 0.3 is 0 Å². The van der Waals surface area contributed by atoms with Crippen molar-refractivity contribution in [2.75, 3.05) is 6.61 Å². The third kappa shape index (κ3) is 3.05. The predicted octanol–water partition coefficient (Wildman–Crippen LogP) is 3.86.